The molecule has 0 fully saturated rings. The number of nitrogens with one attached hydrogen (secondary N) is 2. The van der Waals surface area contributed by atoms with Crippen molar-refractivity contribution in [2.24, 2.45) is 0 Å². The van der Waals surface area contributed by atoms with Gasteiger partial charge in [0.1, 0.15) is 5.82 Å². The molecule has 0 radical (unpaired) electrons. The Kier molecular flexibility index (Phi) is 5.73. The van der Waals surface area contributed by atoms with E-state index in [2.05, 4.69) is 32.4 Å². The topological polar surface area (TPSA) is 70.7 Å². The lowest BCUT2D eigenvalue weighted by Crippen LogP contribution is -2.14. The molecule has 2 aromatic heterocycles. The normalized spacial score (nSPS) is 10.6. The fraction of sp³-hybridized carbons (Fsp3) is 0.167. The Bertz CT molecular complexity index is 849. The van der Waals surface area contributed by atoms with E-state index >= 15 is 0 Å². The zero-order valence-corrected chi connectivity index (χ0v) is 15.2. The van der Waals surface area contributed by atoms with Gasteiger partial charge in [-0.2, -0.15) is 0 Å². The van der Waals surface area contributed by atoms with Gasteiger partial charge in [0.25, 0.3) is 0 Å². The van der Waals surface area contributed by atoms with Crippen molar-refractivity contribution in [2.45, 2.75) is 18.5 Å². The summed E-state index contributed by atoms with van der Waals surface area (Å²) in [6.45, 7) is 1.99. The van der Waals surface area contributed by atoms with Crippen LogP contribution in [0.2, 0.25) is 5.02 Å². The number of anilines is 1. The number of carbonyl (C=O) groups excluding carboxylic acids is 1. The van der Waals surface area contributed by atoms with E-state index in [0.717, 1.165) is 23.0 Å². The van der Waals surface area contributed by atoms with Crippen LogP contribution in [0.1, 0.15) is 17.0 Å². The Morgan fingerprint density at radius 2 is 2.04 bits per heavy atom. The van der Waals surface area contributed by atoms with Crippen molar-refractivity contribution in [3.63, 3.8) is 0 Å². The third-order valence-electron chi connectivity index (χ3n) is 3.51. The quantitative estimate of drug-likeness (QED) is 0.639. The Balaban J connectivity index is 1.55. The van der Waals surface area contributed by atoms with E-state index in [0.29, 0.717) is 10.8 Å². The van der Waals surface area contributed by atoms with Crippen LogP contribution < -0.4 is 5.32 Å². The molecule has 1 amide bonds. The number of carbonyl (C=O) groups is 1. The molecule has 2 N–H and O–H groups in total. The van der Waals surface area contributed by atoms with Crippen molar-refractivity contribution < 1.29 is 4.79 Å². The highest BCUT2D eigenvalue weighted by atomic mass is 35.5. The second kappa shape index (κ2) is 8.18. The van der Waals surface area contributed by atoms with Gasteiger partial charge in [-0.3, -0.25) is 4.79 Å². The number of amides is 1. The molecular weight excluding hydrogens is 356 g/mol. The van der Waals surface area contributed by atoms with Gasteiger partial charge in [0.2, 0.25) is 5.91 Å². The Hall–Kier alpha value is -2.31. The van der Waals surface area contributed by atoms with Crippen molar-refractivity contribution in [2.75, 3.05) is 11.1 Å². The number of nitrogens with zero attached hydrogens (tertiary/aromatic N) is 2. The van der Waals surface area contributed by atoms with E-state index in [1.54, 1.807) is 12.1 Å². The number of rotatable bonds is 6. The van der Waals surface area contributed by atoms with Gasteiger partial charge in [0, 0.05) is 18.3 Å². The van der Waals surface area contributed by atoms with Crippen molar-refractivity contribution in [3.05, 3.63) is 70.6 Å². The molecule has 0 aliphatic rings. The van der Waals surface area contributed by atoms with Crippen LogP contribution in [0.5, 0.6) is 0 Å². The summed E-state index contributed by atoms with van der Waals surface area (Å²) in [5, 5.41) is 4.00. The number of aromatic amines is 1. The zero-order valence-electron chi connectivity index (χ0n) is 13.6. The van der Waals surface area contributed by atoms with Gasteiger partial charge in [-0.15, -0.1) is 0 Å². The molecule has 0 spiro atoms. The first kappa shape index (κ1) is 17.5. The molecule has 128 valence electrons. The summed E-state index contributed by atoms with van der Waals surface area (Å²) >= 11 is 7.14. The summed E-state index contributed by atoms with van der Waals surface area (Å²) in [5.74, 6) is 0.594. The summed E-state index contributed by atoms with van der Waals surface area (Å²) in [6, 6.07) is 13.5. The van der Waals surface area contributed by atoms with E-state index in [1.165, 1.54) is 23.5 Å². The van der Waals surface area contributed by atoms with E-state index in [1.807, 2.05) is 25.1 Å². The molecule has 0 saturated carbocycles. The minimum atomic E-state index is -0.140. The molecule has 0 saturated heterocycles. The molecule has 7 heteroatoms. The van der Waals surface area contributed by atoms with Gasteiger partial charge in [-0.1, -0.05) is 53.7 Å². The highest BCUT2D eigenvalue weighted by Crippen LogP contribution is 2.19. The van der Waals surface area contributed by atoms with Gasteiger partial charge in [0.05, 0.1) is 16.5 Å². The van der Waals surface area contributed by atoms with Crippen LogP contribution in [0.4, 0.5) is 5.82 Å². The van der Waals surface area contributed by atoms with Crippen LogP contribution >= 0.6 is 23.4 Å². The number of halogens is 1. The van der Waals surface area contributed by atoms with Crippen molar-refractivity contribution in [3.8, 4) is 0 Å². The fourth-order valence-corrected chi connectivity index (χ4v) is 3.11. The average Bonchev–Trinajstić information content (AvgIpc) is 2.96. The number of aryl methyl sites for hydroxylation is 1. The molecule has 3 rings (SSSR count). The molecule has 2 heterocycles. The van der Waals surface area contributed by atoms with E-state index in [9.17, 15) is 4.79 Å². The minimum absolute atomic E-state index is 0.140. The van der Waals surface area contributed by atoms with Gasteiger partial charge >= 0.3 is 0 Å². The van der Waals surface area contributed by atoms with E-state index in [-0.39, 0.29) is 11.7 Å². The highest BCUT2D eigenvalue weighted by molar-refractivity contribution is 7.99. The summed E-state index contributed by atoms with van der Waals surface area (Å²) in [6.07, 6.45) is 2.26. The van der Waals surface area contributed by atoms with Crippen molar-refractivity contribution in [1.82, 2.24) is 15.0 Å². The van der Waals surface area contributed by atoms with Gasteiger partial charge < -0.3 is 10.3 Å². The summed E-state index contributed by atoms with van der Waals surface area (Å²) in [4.78, 5) is 23.9. The largest absolute Gasteiger partial charge is 0.337 e. The first-order valence-corrected chi connectivity index (χ1v) is 9.10. The average molecular weight is 373 g/mol. The third-order valence-corrected chi connectivity index (χ3v) is 4.61. The number of thioether (sulfide) groups is 1. The second-order valence-corrected chi connectivity index (χ2v) is 6.88. The Morgan fingerprint density at radius 1 is 1.24 bits per heavy atom. The fourth-order valence-electron chi connectivity index (χ4n) is 2.26. The molecular formula is C18H17ClN4OS. The maximum atomic E-state index is 12.0. The van der Waals surface area contributed by atoms with E-state index < -0.39 is 0 Å². The first-order chi connectivity index (χ1) is 12.1. The maximum Gasteiger partial charge on any atom is 0.236 e. The SMILES string of the molecule is Cc1[nH]c(SCC(=O)Nc2ccc(Cl)cn2)nc1Cc1ccccc1. The lowest BCUT2D eigenvalue weighted by atomic mass is 10.1. The molecule has 0 unspecified atom stereocenters. The first-order valence-electron chi connectivity index (χ1n) is 7.74. The highest BCUT2D eigenvalue weighted by Gasteiger charge is 2.10. The number of imidazole rings is 1. The molecule has 0 aliphatic heterocycles. The number of hydrogen-bond donors (Lipinski definition) is 2. The molecule has 5 nitrogen and oxygen atoms in total. The van der Waals surface area contributed by atoms with Crippen molar-refractivity contribution >= 4 is 35.1 Å². The maximum absolute atomic E-state index is 12.0. The predicted molar refractivity (Wildman–Crippen MR) is 101 cm³/mol. The van der Waals surface area contributed by atoms with Crippen LogP contribution in [0, 0.1) is 6.92 Å². The smallest absolute Gasteiger partial charge is 0.236 e. The number of benzene rings is 1. The third kappa shape index (κ3) is 5.08. The number of aromatic nitrogens is 3. The molecule has 25 heavy (non-hydrogen) atoms. The van der Waals surface area contributed by atoms with Crippen LogP contribution in [0.25, 0.3) is 0 Å². The van der Waals surface area contributed by atoms with Crippen molar-refractivity contribution in [1.29, 1.82) is 0 Å². The lowest BCUT2D eigenvalue weighted by Gasteiger charge is -2.03. The van der Waals surface area contributed by atoms with Gasteiger partial charge in [-0.25, -0.2) is 9.97 Å². The monoisotopic (exact) mass is 372 g/mol. The van der Waals surface area contributed by atoms with Crippen LogP contribution in [-0.4, -0.2) is 26.6 Å². The predicted octanol–water partition coefficient (Wildman–Crippen LogP) is 4.09. The number of hydrogen-bond acceptors (Lipinski definition) is 4. The van der Waals surface area contributed by atoms with Gasteiger partial charge in [0.15, 0.2) is 5.16 Å². The lowest BCUT2D eigenvalue weighted by molar-refractivity contribution is -0.113. The standard InChI is InChI=1S/C18H17ClN4OS/c1-12-15(9-13-5-3-2-4-6-13)22-18(21-12)25-11-17(24)23-16-8-7-14(19)10-20-16/h2-8,10H,9,11H2,1H3,(H,21,22)(H,20,23,24). The number of pyridine rings is 1. The van der Waals surface area contributed by atoms with Gasteiger partial charge in [-0.05, 0) is 24.6 Å². The van der Waals surface area contributed by atoms with Crippen LogP contribution in [-0.2, 0) is 11.2 Å². The summed E-state index contributed by atoms with van der Waals surface area (Å²) in [5.41, 5.74) is 3.22. The summed E-state index contributed by atoms with van der Waals surface area (Å²) < 4.78 is 0. The van der Waals surface area contributed by atoms with Crippen LogP contribution in [0.3, 0.4) is 0 Å². The molecule has 3 aromatic rings. The Morgan fingerprint density at radius 3 is 2.76 bits per heavy atom. The summed E-state index contributed by atoms with van der Waals surface area (Å²) in [7, 11) is 0. The number of H-pyrrole nitrogens is 1. The zero-order chi connectivity index (χ0) is 17.6. The minimum Gasteiger partial charge on any atom is -0.337 e. The molecule has 0 atom stereocenters. The van der Waals surface area contributed by atoms with Crippen LogP contribution in [0.15, 0.2) is 53.8 Å². The van der Waals surface area contributed by atoms with E-state index in [4.69, 9.17) is 11.6 Å². The Labute approximate surface area is 155 Å². The molecule has 0 aliphatic carbocycles. The molecule has 1 aromatic carbocycles. The molecule has 0 bridgehead atoms. The second-order valence-electron chi connectivity index (χ2n) is 5.47.